The molecule has 4 aromatic rings. The molecule has 0 saturated carbocycles. The van der Waals surface area contributed by atoms with Gasteiger partial charge >= 0.3 is 0 Å². The Morgan fingerprint density at radius 1 is 1.12 bits per heavy atom. The van der Waals surface area contributed by atoms with Crippen molar-refractivity contribution in [3.63, 3.8) is 0 Å². The summed E-state index contributed by atoms with van der Waals surface area (Å²) in [6.45, 7) is 0. The normalized spacial score (nSPS) is 12.5. The van der Waals surface area contributed by atoms with Gasteiger partial charge in [0.15, 0.2) is 11.4 Å². The summed E-state index contributed by atoms with van der Waals surface area (Å²) in [5, 5.41) is 4.24. The summed E-state index contributed by atoms with van der Waals surface area (Å²) in [6, 6.07) is 15.6. The number of anilines is 2. The van der Waals surface area contributed by atoms with Gasteiger partial charge in [0.05, 0.1) is 0 Å². The van der Waals surface area contributed by atoms with Crippen LogP contribution < -0.4 is 5.32 Å². The monoisotopic (exact) mass is 337 g/mol. The SMILES string of the molecule is CS(=O)Cc1cccc(Nc2ncnc3c2oc2ccccc23)c1. The number of hydrogen-bond acceptors (Lipinski definition) is 5. The lowest BCUT2D eigenvalue weighted by atomic mass is 10.2. The molecule has 2 aromatic carbocycles. The molecule has 0 saturated heterocycles. The number of benzene rings is 2. The summed E-state index contributed by atoms with van der Waals surface area (Å²) in [7, 11) is -0.876. The van der Waals surface area contributed by atoms with Crippen LogP contribution in [0.15, 0.2) is 59.3 Å². The standard InChI is InChI=1S/C18H15N3O2S/c1-24(22)10-12-5-4-6-13(9-12)21-18-17-16(19-11-20-18)14-7-2-3-8-15(14)23-17/h2-9,11H,10H2,1H3,(H,19,20,21). The van der Waals surface area contributed by atoms with Crippen molar-refractivity contribution in [3.05, 3.63) is 60.4 Å². The molecule has 0 spiro atoms. The van der Waals surface area contributed by atoms with Crippen LogP contribution in [0.3, 0.4) is 0 Å². The van der Waals surface area contributed by atoms with E-state index >= 15 is 0 Å². The van der Waals surface area contributed by atoms with Gasteiger partial charge in [-0.05, 0) is 29.8 Å². The fourth-order valence-electron chi connectivity index (χ4n) is 2.72. The molecule has 24 heavy (non-hydrogen) atoms. The van der Waals surface area contributed by atoms with E-state index in [1.165, 1.54) is 6.33 Å². The molecule has 0 fully saturated rings. The molecule has 120 valence electrons. The largest absolute Gasteiger partial charge is 0.450 e. The van der Waals surface area contributed by atoms with E-state index in [1.54, 1.807) is 6.26 Å². The molecule has 2 aromatic heterocycles. The van der Waals surface area contributed by atoms with E-state index in [9.17, 15) is 4.21 Å². The topological polar surface area (TPSA) is 68.0 Å². The van der Waals surface area contributed by atoms with Crippen LogP contribution in [0.2, 0.25) is 0 Å². The highest BCUT2D eigenvalue weighted by molar-refractivity contribution is 7.83. The molecule has 0 bridgehead atoms. The molecular weight excluding hydrogens is 322 g/mol. The summed E-state index contributed by atoms with van der Waals surface area (Å²) in [5.41, 5.74) is 4.08. The third-order valence-corrected chi connectivity index (χ3v) is 4.46. The second kappa shape index (κ2) is 6.05. The molecular formula is C18H15N3O2S. The highest BCUT2D eigenvalue weighted by Gasteiger charge is 2.13. The van der Waals surface area contributed by atoms with Crippen LogP contribution >= 0.6 is 0 Å². The Balaban J connectivity index is 1.76. The second-order valence-corrected chi connectivity index (χ2v) is 6.98. The van der Waals surface area contributed by atoms with Crippen molar-refractivity contribution in [2.24, 2.45) is 0 Å². The van der Waals surface area contributed by atoms with Crippen molar-refractivity contribution < 1.29 is 8.63 Å². The fourth-order valence-corrected chi connectivity index (χ4v) is 3.37. The molecule has 0 aliphatic carbocycles. The van der Waals surface area contributed by atoms with Crippen LogP contribution in [-0.4, -0.2) is 20.4 Å². The number of fused-ring (bicyclic) bond motifs is 3. The summed E-state index contributed by atoms with van der Waals surface area (Å²) >= 11 is 0. The first-order valence-electron chi connectivity index (χ1n) is 7.49. The predicted octanol–water partition coefficient (Wildman–Crippen LogP) is 4.00. The molecule has 1 atom stereocenters. The van der Waals surface area contributed by atoms with Crippen molar-refractivity contribution in [1.29, 1.82) is 0 Å². The zero-order valence-electron chi connectivity index (χ0n) is 13.0. The lowest BCUT2D eigenvalue weighted by Crippen LogP contribution is -1.97. The smallest absolute Gasteiger partial charge is 0.196 e. The number of rotatable bonds is 4. The molecule has 4 rings (SSSR count). The quantitative estimate of drug-likeness (QED) is 0.610. The number of nitrogens with one attached hydrogen (secondary N) is 1. The van der Waals surface area contributed by atoms with Gasteiger partial charge in [-0.25, -0.2) is 9.97 Å². The van der Waals surface area contributed by atoms with Crippen molar-refractivity contribution in [1.82, 2.24) is 9.97 Å². The van der Waals surface area contributed by atoms with E-state index in [4.69, 9.17) is 4.42 Å². The van der Waals surface area contributed by atoms with Gasteiger partial charge < -0.3 is 9.73 Å². The first-order valence-corrected chi connectivity index (χ1v) is 9.21. The van der Waals surface area contributed by atoms with Crippen LogP contribution in [0.4, 0.5) is 11.5 Å². The molecule has 5 nitrogen and oxygen atoms in total. The van der Waals surface area contributed by atoms with Crippen LogP contribution in [0.5, 0.6) is 0 Å². The van der Waals surface area contributed by atoms with Crippen LogP contribution in [0, 0.1) is 0 Å². The van der Waals surface area contributed by atoms with Crippen molar-refractivity contribution >= 4 is 44.4 Å². The molecule has 0 aliphatic rings. The van der Waals surface area contributed by atoms with Gasteiger partial charge in [0.25, 0.3) is 0 Å². The number of aromatic nitrogens is 2. The molecule has 6 heteroatoms. The highest BCUT2D eigenvalue weighted by Crippen LogP contribution is 2.31. The van der Waals surface area contributed by atoms with Crippen LogP contribution in [0.1, 0.15) is 5.56 Å². The van der Waals surface area contributed by atoms with Crippen molar-refractivity contribution in [3.8, 4) is 0 Å². The van der Waals surface area contributed by atoms with Crippen molar-refractivity contribution in [2.75, 3.05) is 11.6 Å². The number of furan rings is 1. The molecule has 0 amide bonds. The number of para-hydroxylation sites is 1. The third kappa shape index (κ3) is 2.76. The minimum Gasteiger partial charge on any atom is -0.450 e. The lowest BCUT2D eigenvalue weighted by molar-refractivity contribution is 0.667. The van der Waals surface area contributed by atoms with Crippen molar-refractivity contribution in [2.45, 2.75) is 5.75 Å². The fraction of sp³-hybridized carbons (Fsp3) is 0.111. The second-order valence-electron chi connectivity index (χ2n) is 5.54. The van der Waals surface area contributed by atoms with E-state index in [0.29, 0.717) is 17.2 Å². The van der Waals surface area contributed by atoms with Gasteiger partial charge in [-0.3, -0.25) is 4.21 Å². The van der Waals surface area contributed by atoms with E-state index < -0.39 is 10.8 Å². The molecule has 1 N–H and O–H groups in total. The average molecular weight is 337 g/mol. The maximum atomic E-state index is 11.4. The number of hydrogen-bond donors (Lipinski definition) is 1. The van der Waals surface area contributed by atoms with Crippen LogP contribution in [-0.2, 0) is 16.6 Å². The highest BCUT2D eigenvalue weighted by atomic mass is 32.2. The summed E-state index contributed by atoms with van der Waals surface area (Å²) < 4.78 is 17.3. The Bertz CT molecular complexity index is 1060. The molecule has 0 aliphatic heterocycles. The zero-order chi connectivity index (χ0) is 16.5. The maximum Gasteiger partial charge on any atom is 0.196 e. The molecule has 2 heterocycles. The van der Waals surface area contributed by atoms with E-state index in [-0.39, 0.29) is 0 Å². The zero-order valence-corrected chi connectivity index (χ0v) is 13.8. The third-order valence-electron chi connectivity index (χ3n) is 3.72. The first kappa shape index (κ1) is 14.8. The van der Waals surface area contributed by atoms with Crippen LogP contribution in [0.25, 0.3) is 22.1 Å². The minimum absolute atomic E-state index is 0.527. The van der Waals surface area contributed by atoms with Gasteiger partial charge in [0.2, 0.25) is 0 Å². The van der Waals surface area contributed by atoms with E-state index in [2.05, 4.69) is 15.3 Å². The molecule has 1 unspecified atom stereocenters. The first-order chi connectivity index (χ1) is 11.7. The number of nitrogens with zero attached hydrogens (tertiary/aromatic N) is 2. The Morgan fingerprint density at radius 2 is 2.00 bits per heavy atom. The Labute approximate surface area is 141 Å². The van der Waals surface area contributed by atoms with Gasteiger partial charge in [-0.15, -0.1) is 0 Å². The lowest BCUT2D eigenvalue weighted by Gasteiger charge is -2.07. The average Bonchev–Trinajstić information content (AvgIpc) is 2.95. The van der Waals surface area contributed by atoms with E-state index in [1.807, 2.05) is 48.5 Å². The molecule has 0 radical (unpaired) electrons. The predicted molar refractivity (Wildman–Crippen MR) is 96.8 cm³/mol. The minimum atomic E-state index is -0.876. The van der Waals surface area contributed by atoms with Gasteiger partial charge in [0, 0.05) is 33.9 Å². The van der Waals surface area contributed by atoms with Gasteiger partial charge in [-0.2, -0.15) is 0 Å². The Kier molecular flexibility index (Phi) is 3.74. The summed E-state index contributed by atoms with van der Waals surface area (Å²) in [4.78, 5) is 8.66. The van der Waals surface area contributed by atoms with Gasteiger partial charge in [0.1, 0.15) is 17.4 Å². The Hall–Kier alpha value is -2.73. The maximum absolute atomic E-state index is 11.4. The summed E-state index contributed by atoms with van der Waals surface area (Å²) in [5.74, 6) is 1.14. The van der Waals surface area contributed by atoms with E-state index in [0.717, 1.165) is 27.7 Å². The summed E-state index contributed by atoms with van der Waals surface area (Å²) in [6.07, 6.45) is 3.22. The van der Waals surface area contributed by atoms with Gasteiger partial charge in [-0.1, -0.05) is 24.3 Å². The Morgan fingerprint density at radius 3 is 2.88 bits per heavy atom.